The predicted molar refractivity (Wildman–Crippen MR) is 121 cm³/mol. The summed E-state index contributed by atoms with van der Waals surface area (Å²) >= 11 is 0. The van der Waals surface area contributed by atoms with Crippen LogP contribution in [0.1, 0.15) is 55.1 Å². The lowest BCUT2D eigenvalue weighted by molar-refractivity contribution is -0.121. The van der Waals surface area contributed by atoms with Gasteiger partial charge in [-0.2, -0.15) is 0 Å². The van der Waals surface area contributed by atoms with Gasteiger partial charge in [0, 0.05) is 18.2 Å². The Morgan fingerprint density at radius 3 is 2.47 bits per heavy atom. The monoisotopic (exact) mass is 408 g/mol. The molecule has 1 saturated heterocycles. The number of para-hydroxylation sites is 1. The summed E-state index contributed by atoms with van der Waals surface area (Å²) in [5.74, 6) is 0.184. The molecule has 2 amide bonds. The molecule has 3 rings (SSSR count). The van der Waals surface area contributed by atoms with E-state index in [1.54, 1.807) is 18.3 Å². The van der Waals surface area contributed by atoms with Gasteiger partial charge < -0.3 is 15.5 Å². The highest BCUT2D eigenvalue weighted by molar-refractivity contribution is 6.10. The van der Waals surface area contributed by atoms with Crippen molar-refractivity contribution in [1.29, 1.82) is 0 Å². The number of aryl methyl sites for hydroxylation is 2. The van der Waals surface area contributed by atoms with E-state index in [1.165, 1.54) is 0 Å². The van der Waals surface area contributed by atoms with Gasteiger partial charge in [0.25, 0.3) is 5.91 Å². The summed E-state index contributed by atoms with van der Waals surface area (Å²) in [6, 6.07) is 9.72. The smallest absolute Gasteiger partial charge is 0.258 e. The van der Waals surface area contributed by atoms with E-state index in [4.69, 9.17) is 0 Å². The fourth-order valence-electron chi connectivity index (χ4n) is 3.82. The molecule has 0 radical (unpaired) electrons. The standard InChI is InChI=1S/C24H32N4O2/c1-5-18-9-10-21(25-15-18)26-24(30)20-8-6-7-17(4)22(20)27-23(29)19-11-13-28(14-12-19)16(2)3/h6-10,15-16,19H,5,11-14H2,1-4H3,(H,27,29)(H,25,26,30). The molecule has 1 aliphatic rings. The van der Waals surface area contributed by atoms with Crippen molar-refractivity contribution in [2.75, 3.05) is 23.7 Å². The molecule has 0 bridgehead atoms. The highest BCUT2D eigenvalue weighted by Crippen LogP contribution is 2.25. The summed E-state index contributed by atoms with van der Waals surface area (Å²) in [5, 5.41) is 5.88. The molecule has 1 aliphatic heterocycles. The topological polar surface area (TPSA) is 74.3 Å². The molecule has 160 valence electrons. The van der Waals surface area contributed by atoms with Crippen LogP contribution in [0.2, 0.25) is 0 Å². The van der Waals surface area contributed by atoms with Crippen molar-refractivity contribution in [2.45, 2.75) is 53.0 Å². The van der Waals surface area contributed by atoms with Crippen molar-refractivity contribution < 1.29 is 9.59 Å². The van der Waals surface area contributed by atoms with Crippen molar-refractivity contribution in [3.63, 3.8) is 0 Å². The summed E-state index contributed by atoms with van der Waals surface area (Å²) in [6.45, 7) is 10.2. The molecule has 2 heterocycles. The molecule has 6 nitrogen and oxygen atoms in total. The summed E-state index contributed by atoms with van der Waals surface area (Å²) < 4.78 is 0. The van der Waals surface area contributed by atoms with Crippen molar-refractivity contribution in [2.24, 2.45) is 5.92 Å². The van der Waals surface area contributed by atoms with Gasteiger partial charge in [0.05, 0.1) is 11.3 Å². The number of aromatic nitrogens is 1. The van der Waals surface area contributed by atoms with E-state index in [2.05, 4.69) is 41.3 Å². The largest absolute Gasteiger partial charge is 0.325 e. The van der Waals surface area contributed by atoms with Crippen LogP contribution >= 0.6 is 0 Å². The Balaban J connectivity index is 1.71. The summed E-state index contributed by atoms with van der Waals surface area (Å²) in [7, 11) is 0. The van der Waals surface area contributed by atoms with Gasteiger partial charge in [-0.1, -0.05) is 25.1 Å². The molecule has 0 spiro atoms. The number of benzene rings is 1. The summed E-state index contributed by atoms with van der Waals surface area (Å²) in [5.41, 5.74) is 3.01. The number of pyridine rings is 1. The lowest BCUT2D eigenvalue weighted by atomic mass is 9.94. The van der Waals surface area contributed by atoms with Crippen LogP contribution < -0.4 is 10.6 Å². The highest BCUT2D eigenvalue weighted by atomic mass is 16.2. The molecule has 1 aromatic carbocycles. The first kappa shape index (κ1) is 22.0. The summed E-state index contributed by atoms with van der Waals surface area (Å²) in [4.78, 5) is 32.5. The van der Waals surface area contributed by atoms with Gasteiger partial charge in [0.15, 0.2) is 0 Å². The van der Waals surface area contributed by atoms with E-state index in [9.17, 15) is 9.59 Å². The van der Waals surface area contributed by atoms with E-state index in [0.29, 0.717) is 23.1 Å². The molecular formula is C24H32N4O2. The number of hydrogen-bond acceptors (Lipinski definition) is 4. The van der Waals surface area contributed by atoms with Crippen LogP contribution in [0, 0.1) is 12.8 Å². The Hall–Kier alpha value is -2.73. The molecule has 6 heteroatoms. The maximum absolute atomic E-state index is 12.9. The second-order valence-electron chi connectivity index (χ2n) is 8.25. The van der Waals surface area contributed by atoms with Crippen molar-refractivity contribution in [3.8, 4) is 0 Å². The number of piperidine rings is 1. The van der Waals surface area contributed by atoms with Crippen LogP contribution in [0.3, 0.4) is 0 Å². The third-order valence-electron chi connectivity index (χ3n) is 5.87. The molecule has 0 unspecified atom stereocenters. The lowest BCUT2D eigenvalue weighted by Crippen LogP contribution is -2.41. The van der Waals surface area contributed by atoms with Gasteiger partial charge in [-0.3, -0.25) is 9.59 Å². The first-order chi connectivity index (χ1) is 14.4. The second-order valence-corrected chi connectivity index (χ2v) is 8.25. The van der Waals surface area contributed by atoms with Crippen LogP contribution in [0.4, 0.5) is 11.5 Å². The van der Waals surface area contributed by atoms with Crippen LogP contribution in [0.15, 0.2) is 36.5 Å². The SMILES string of the molecule is CCc1ccc(NC(=O)c2cccc(C)c2NC(=O)C2CCN(C(C)C)CC2)nc1. The molecule has 0 aliphatic carbocycles. The third kappa shape index (κ3) is 5.25. The van der Waals surface area contributed by atoms with Gasteiger partial charge in [-0.15, -0.1) is 0 Å². The number of carbonyl (C=O) groups is 2. The Kier molecular flexibility index (Phi) is 7.21. The number of nitrogens with zero attached hydrogens (tertiary/aromatic N) is 2. The fraction of sp³-hybridized carbons (Fsp3) is 0.458. The molecule has 0 saturated carbocycles. The molecule has 1 fully saturated rings. The van der Waals surface area contributed by atoms with Crippen molar-refractivity contribution >= 4 is 23.3 Å². The lowest BCUT2D eigenvalue weighted by Gasteiger charge is -2.34. The Labute approximate surface area is 179 Å². The number of rotatable bonds is 6. The Morgan fingerprint density at radius 1 is 1.13 bits per heavy atom. The number of anilines is 2. The number of amides is 2. The summed E-state index contributed by atoms with van der Waals surface area (Å²) in [6.07, 6.45) is 4.33. The fourth-order valence-corrected chi connectivity index (χ4v) is 3.82. The molecule has 0 atom stereocenters. The van der Waals surface area contributed by atoms with Crippen LogP contribution in [0.5, 0.6) is 0 Å². The van der Waals surface area contributed by atoms with E-state index in [-0.39, 0.29) is 17.7 Å². The normalized spacial score (nSPS) is 15.2. The average molecular weight is 409 g/mol. The number of carbonyl (C=O) groups excluding carboxylic acids is 2. The zero-order valence-electron chi connectivity index (χ0n) is 18.4. The zero-order chi connectivity index (χ0) is 21.7. The van der Waals surface area contributed by atoms with Gasteiger partial charge in [-0.05, 0) is 76.4 Å². The quantitative estimate of drug-likeness (QED) is 0.749. The van der Waals surface area contributed by atoms with Gasteiger partial charge in [0.1, 0.15) is 5.82 Å². The molecule has 2 N–H and O–H groups in total. The zero-order valence-corrected chi connectivity index (χ0v) is 18.4. The minimum Gasteiger partial charge on any atom is -0.325 e. The average Bonchev–Trinajstić information content (AvgIpc) is 2.75. The van der Waals surface area contributed by atoms with Crippen molar-refractivity contribution in [3.05, 3.63) is 53.2 Å². The predicted octanol–water partition coefficient (Wildman–Crippen LogP) is 4.26. The van der Waals surface area contributed by atoms with E-state index < -0.39 is 0 Å². The van der Waals surface area contributed by atoms with E-state index >= 15 is 0 Å². The number of likely N-dealkylation sites (tertiary alicyclic amines) is 1. The Bertz CT molecular complexity index is 885. The molecule has 30 heavy (non-hydrogen) atoms. The van der Waals surface area contributed by atoms with Gasteiger partial charge in [0.2, 0.25) is 5.91 Å². The van der Waals surface area contributed by atoms with Crippen LogP contribution in [-0.2, 0) is 11.2 Å². The first-order valence-corrected chi connectivity index (χ1v) is 10.8. The second kappa shape index (κ2) is 9.85. The Morgan fingerprint density at radius 2 is 1.87 bits per heavy atom. The first-order valence-electron chi connectivity index (χ1n) is 10.8. The van der Waals surface area contributed by atoms with E-state index in [0.717, 1.165) is 43.5 Å². The van der Waals surface area contributed by atoms with Crippen molar-refractivity contribution in [1.82, 2.24) is 9.88 Å². The van der Waals surface area contributed by atoms with Gasteiger partial charge >= 0.3 is 0 Å². The minimum absolute atomic E-state index is 0.00724. The molecule has 1 aromatic heterocycles. The highest BCUT2D eigenvalue weighted by Gasteiger charge is 2.27. The van der Waals surface area contributed by atoms with Crippen LogP contribution in [0.25, 0.3) is 0 Å². The number of nitrogens with one attached hydrogen (secondary N) is 2. The number of hydrogen-bond donors (Lipinski definition) is 2. The third-order valence-corrected chi connectivity index (χ3v) is 5.87. The van der Waals surface area contributed by atoms with Crippen LogP contribution in [-0.4, -0.2) is 40.8 Å². The maximum atomic E-state index is 12.9. The minimum atomic E-state index is -0.277. The van der Waals surface area contributed by atoms with E-state index in [1.807, 2.05) is 25.1 Å². The molecular weight excluding hydrogens is 376 g/mol. The maximum Gasteiger partial charge on any atom is 0.258 e. The molecule has 2 aromatic rings. The van der Waals surface area contributed by atoms with Gasteiger partial charge in [-0.25, -0.2) is 4.98 Å².